The number of carbonyl (C=O) groups is 1. The number of urea groups is 1. The molecule has 2 amide bonds. The minimum Gasteiger partial charge on any atom is -0.384 e. The fourth-order valence-electron chi connectivity index (χ4n) is 2.60. The van der Waals surface area contributed by atoms with E-state index in [-0.39, 0.29) is 18.7 Å². The van der Waals surface area contributed by atoms with E-state index in [1.54, 1.807) is 0 Å². The van der Waals surface area contributed by atoms with E-state index in [9.17, 15) is 4.79 Å². The predicted molar refractivity (Wildman–Crippen MR) is 84.2 cm³/mol. The average Bonchev–Trinajstić information content (AvgIpc) is 2.47. The highest BCUT2D eigenvalue weighted by atomic mass is 16.2. The topological polar surface area (TPSA) is 61.4 Å². The summed E-state index contributed by atoms with van der Waals surface area (Å²) in [5, 5.41) is 14.7. The molecular weight excluding hydrogens is 264 g/mol. The lowest BCUT2D eigenvalue weighted by Gasteiger charge is -2.23. The Bertz CT molecular complexity index is 552. The van der Waals surface area contributed by atoms with Crippen LogP contribution in [0.25, 0.3) is 0 Å². The Morgan fingerprint density at radius 1 is 1.33 bits per heavy atom. The lowest BCUT2D eigenvalue weighted by Crippen LogP contribution is -2.39. The smallest absolute Gasteiger partial charge is 0.319 e. The number of hydrogen-bond acceptors (Lipinski definition) is 2. The third-order valence-electron chi connectivity index (χ3n) is 3.67. The number of anilines is 1. The monoisotopic (exact) mass is 286 g/mol. The zero-order valence-electron chi connectivity index (χ0n) is 12.4. The van der Waals surface area contributed by atoms with Gasteiger partial charge in [0.15, 0.2) is 0 Å². The highest BCUT2D eigenvalue weighted by Crippen LogP contribution is 2.19. The molecule has 0 bridgehead atoms. The highest BCUT2D eigenvalue weighted by Gasteiger charge is 2.16. The SMILES string of the molecule is Cc1ccc(C#CCO)c(NC(=O)NC2CCCCC2)c1. The van der Waals surface area contributed by atoms with Gasteiger partial charge in [0.05, 0.1) is 5.69 Å². The lowest BCUT2D eigenvalue weighted by atomic mass is 9.96. The third kappa shape index (κ3) is 4.80. The summed E-state index contributed by atoms with van der Waals surface area (Å²) >= 11 is 0. The van der Waals surface area contributed by atoms with Crippen LogP contribution in [0, 0.1) is 18.8 Å². The van der Waals surface area contributed by atoms with Gasteiger partial charge in [-0.05, 0) is 37.5 Å². The van der Waals surface area contributed by atoms with Gasteiger partial charge in [-0.25, -0.2) is 4.79 Å². The lowest BCUT2D eigenvalue weighted by molar-refractivity contribution is 0.244. The van der Waals surface area contributed by atoms with Crippen molar-refractivity contribution in [2.75, 3.05) is 11.9 Å². The maximum absolute atomic E-state index is 12.1. The molecule has 0 aromatic heterocycles. The Balaban J connectivity index is 2.03. The van der Waals surface area contributed by atoms with E-state index in [2.05, 4.69) is 22.5 Å². The van der Waals surface area contributed by atoms with Gasteiger partial charge in [-0.15, -0.1) is 0 Å². The van der Waals surface area contributed by atoms with E-state index in [4.69, 9.17) is 5.11 Å². The molecule has 2 rings (SSSR count). The fraction of sp³-hybridized carbons (Fsp3) is 0.471. The molecule has 1 aromatic carbocycles. The van der Waals surface area contributed by atoms with Crippen LogP contribution in [0.5, 0.6) is 0 Å². The molecule has 4 heteroatoms. The van der Waals surface area contributed by atoms with Gasteiger partial charge in [-0.3, -0.25) is 0 Å². The predicted octanol–water partition coefficient (Wildman–Crippen LogP) is 2.79. The number of nitrogens with one attached hydrogen (secondary N) is 2. The van der Waals surface area contributed by atoms with Gasteiger partial charge in [-0.1, -0.05) is 37.2 Å². The fourth-order valence-corrected chi connectivity index (χ4v) is 2.60. The standard InChI is InChI=1S/C17H22N2O2/c1-13-9-10-14(6-5-11-20)16(12-13)19-17(21)18-15-7-3-2-4-8-15/h9-10,12,15,20H,2-4,7-8,11H2,1H3,(H2,18,19,21). The molecule has 21 heavy (non-hydrogen) atoms. The first-order valence-electron chi connectivity index (χ1n) is 7.47. The number of aliphatic hydroxyl groups excluding tert-OH is 1. The average molecular weight is 286 g/mol. The molecule has 1 aliphatic carbocycles. The summed E-state index contributed by atoms with van der Waals surface area (Å²) in [7, 11) is 0. The summed E-state index contributed by atoms with van der Waals surface area (Å²) in [6.07, 6.45) is 5.74. The number of benzene rings is 1. The Morgan fingerprint density at radius 2 is 2.10 bits per heavy atom. The van der Waals surface area contributed by atoms with E-state index < -0.39 is 0 Å². The van der Waals surface area contributed by atoms with Crippen molar-refractivity contribution in [2.24, 2.45) is 0 Å². The largest absolute Gasteiger partial charge is 0.384 e. The summed E-state index contributed by atoms with van der Waals surface area (Å²) in [5.41, 5.74) is 2.45. The molecule has 1 saturated carbocycles. The Kier molecular flexibility index (Phi) is 5.65. The maximum Gasteiger partial charge on any atom is 0.319 e. The molecular formula is C17H22N2O2. The van der Waals surface area contributed by atoms with Crippen LogP contribution in [-0.4, -0.2) is 23.8 Å². The van der Waals surface area contributed by atoms with Crippen LogP contribution in [0.15, 0.2) is 18.2 Å². The summed E-state index contributed by atoms with van der Waals surface area (Å²) in [5.74, 6) is 5.47. The normalized spacial score (nSPS) is 15.0. The van der Waals surface area contributed by atoms with Crippen LogP contribution in [0.2, 0.25) is 0 Å². The zero-order chi connectivity index (χ0) is 15.1. The molecule has 1 fully saturated rings. The van der Waals surface area contributed by atoms with Crippen LogP contribution in [0.4, 0.5) is 10.5 Å². The van der Waals surface area contributed by atoms with Gasteiger partial charge in [0.25, 0.3) is 0 Å². The molecule has 1 aliphatic rings. The first kappa shape index (κ1) is 15.4. The van der Waals surface area contributed by atoms with Crippen LogP contribution in [0.3, 0.4) is 0 Å². The van der Waals surface area contributed by atoms with Crippen molar-refractivity contribution in [2.45, 2.75) is 45.1 Å². The summed E-state index contributed by atoms with van der Waals surface area (Å²) in [6, 6.07) is 5.77. The Labute approximate surface area is 125 Å². The maximum atomic E-state index is 12.1. The summed E-state index contributed by atoms with van der Waals surface area (Å²) < 4.78 is 0. The number of carbonyl (C=O) groups excluding carboxylic acids is 1. The number of rotatable bonds is 2. The van der Waals surface area contributed by atoms with Crippen LogP contribution >= 0.6 is 0 Å². The molecule has 0 radical (unpaired) electrons. The van der Waals surface area contributed by atoms with Crippen molar-refractivity contribution in [1.82, 2.24) is 5.32 Å². The van der Waals surface area contributed by atoms with Crippen LogP contribution in [0.1, 0.15) is 43.2 Å². The molecule has 112 valence electrons. The van der Waals surface area contributed by atoms with Crippen molar-refractivity contribution in [3.8, 4) is 11.8 Å². The number of aliphatic hydroxyl groups is 1. The minimum atomic E-state index is -0.193. The molecule has 1 aromatic rings. The molecule has 0 atom stereocenters. The van der Waals surface area contributed by atoms with E-state index in [0.717, 1.165) is 18.4 Å². The second-order valence-corrected chi connectivity index (χ2v) is 5.44. The molecule has 0 aliphatic heterocycles. The molecule has 0 spiro atoms. The van der Waals surface area contributed by atoms with Crippen molar-refractivity contribution in [3.63, 3.8) is 0 Å². The Hall–Kier alpha value is -1.99. The van der Waals surface area contributed by atoms with Gasteiger partial charge < -0.3 is 15.7 Å². The molecule has 0 saturated heterocycles. The number of hydrogen-bond donors (Lipinski definition) is 3. The highest BCUT2D eigenvalue weighted by molar-refractivity contribution is 5.91. The van der Waals surface area contributed by atoms with Gasteiger partial charge in [0.1, 0.15) is 6.61 Å². The number of aryl methyl sites for hydroxylation is 1. The minimum absolute atomic E-state index is 0.181. The van der Waals surface area contributed by atoms with Crippen LogP contribution in [-0.2, 0) is 0 Å². The first-order chi connectivity index (χ1) is 10.2. The van der Waals surface area contributed by atoms with Crippen molar-refractivity contribution in [3.05, 3.63) is 29.3 Å². The molecule has 4 nitrogen and oxygen atoms in total. The van der Waals surface area contributed by atoms with Crippen molar-refractivity contribution < 1.29 is 9.90 Å². The zero-order valence-corrected chi connectivity index (χ0v) is 12.4. The molecule has 0 unspecified atom stereocenters. The van der Waals surface area contributed by atoms with E-state index in [1.807, 2.05) is 25.1 Å². The Morgan fingerprint density at radius 3 is 2.81 bits per heavy atom. The second-order valence-electron chi connectivity index (χ2n) is 5.44. The van der Waals surface area contributed by atoms with Crippen molar-refractivity contribution >= 4 is 11.7 Å². The first-order valence-corrected chi connectivity index (χ1v) is 7.47. The molecule has 0 heterocycles. The summed E-state index contributed by atoms with van der Waals surface area (Å²) in [4.78, 5) is 12.1. The van der Waals surface area contributed by atoms with Crippen LogP contribution < -0.4 is 10.6 Å². The quantitative estimate of drug-likeness (QED) is 0.732. The van der Waals surface area contributed by atoms with E-state index in [1.165, 1.54) is 19.3 Å². The van der Waals surface area contributed by atoms with E-state index >= 15 is 0 Å². The second kappa shape index (κ2) is 7.70. The molecule has 3 N–H and O–H groups in total. The van der Waals surface area contributed by atoms with Gasteiger partial charge in [-0.2, -0.15) is 0 Å². The number of amides is 2. The van der Waals surface area contributed by atoms with E-state index in [0.29, 0.717) is 11.3 Å². The summed E-state index contributed by atoms with van der Waals surface area (Å²) in [6.45, 7) is 1.77. The van der Waals surface area contributed by atoms with Gasteiger partial charge in [0, 0.05) is 11.6 Å². The van der Waals surface area contributed by atoms with Crippen molar-refractivity contribution in [1.29, 1.82) is 0 Å². The van der Waals surface area contributed by atoms with Gasteiger partial charge >= 0.3 is 6.03 Å². The third-order valence-corrected chi connectivity index (χ3v) is 3.67. The van der Waals surface area contributed by atoms with Gasteiger partial charge in [0.2, 0.25) is 0 Å².